The molecular formula is C19H25N3O2. The fraction of sp³-hybridized carbons (Fsp3) is 0.474. The molecule has 24 heavy (non-hydrogen) atoms. The van der Waals surface area contributed by atoms with Gasteiger partial charge in [0.25, 0.3) is 5.91 Å². The number of para-hydroxylation sites is 1. The van der Waals surface area contributed by atoms with Gasteiger partial charge in [0.05, 0.1) is 18.4 Å². The zero-order valence-corrected chi connectivity index (χ0v) is 14.4. The fourth-order valence-corrected chi connectivity index (χ4v) is 3.03. The van der Waals surface area contributed by atoms with Crippen LogP contribution in [-0.2, 0) is 0 Å². The number of likely N-dealkylation sites (tertiary alicyclic amines) is 1. The number of carbonyl (C=O) groups is 1. The molecule has 0 radical (unpaired) electrons. The molecule has 5 heteroatoms. The summed E-state index contributed by atoms with van der Waals surface area (Å²) in [5.41, 5.74) is 0.674. The Bertz CT molecular complexity index is 666. The molecule has 0 bridgehead atoms. The highest BCUT2D eigenvalue weighted by Crippen LogP contribution is 2.20. The molecule has 5 nitrogen and oxygen atoms in total. The Morgan fingerprint density at radius 3 is 2.83 bits per heavy atom. The molecule has 1 aliphatic rings. The van der Waals surface area contributed by atoms with Crippen molar-refractivity contribution in [3.8, 4) is 5.75 Å². The van der Waals surface area contributed by atoms with Gasteiger partial charge in [-0.2, -0.15) is 5.10 Å². The van der Waals surface area contributed by atoms with Crippen LogP contribution in [0, 0.1) is 5.92 Å². The molecule has 128 valence electrons. The second kappa shape index (κ2) is 7.51. The van der Waals surface area contributed by atoms with E-state index in [2.05, 4.69) is 18.9 Å². The summed E-state index contributed by atoms with van der Waals surface area (Å²) in [6.45, 7) is 6.32. The number of aromatic nitrogens is 2. The predicted octanol–water partition coefficient (Wildman–Crippen LogP) is 3.40. The van der Waals surface area contributed by atoms with Crippen molar-refractivity contribution in [1.29, 1.82) is 0 Å². The Balaban J connectivity index is 1.57. The summed E-state index contributed by atoms with van der Waals surface area (Å²) in [7, 11) is 0. The maximum atomic E-state index is 12.7. The van der Waals surface area contributed by atoms with Crippen LogP contribution < -0.4 is 4.74 Å². The molecule has 3 rings (SSSR count). The quantitative estimate of drug-likeness (QED) is 0.845. The number of carbonyl (C=O) groups excluding carboxylic acids is 1. The van der Waals surface area contributed by atoms with Crippen molar-refractivity contribution in [3.63, 3.8) is 0 Å². The van der Waals surface area contributed by atoms with Gasteiger partial charge in [0.15, 0.2) is 0 Å². The van der Waals surface area contributed by atoms with Gasteiger partial charge >= 0.3 is 0 Å². The van der Waals surface area contributed by atoms with Gasteiger partial charge in [0.1, 0.15) is 5.75 Å². The van der Waals surface area contributed by atoms with Gasteiger partial charge in [-0.15, -0.1) is 0 Å². The minimum atomic E-state index is 0.0753. The van der Waals surface area contributed by atoms with Gasteiger partial charge in [-0.1, -0.05) is 18.2 Å². The van der Waals surface area contributed by atoms with Crippen molar-refractivity contribution in [3.05, 3.63) is 48.3 Å². The van der Waals surface area contributed by atoms with E-state index >= 15 is 0 Å². The molecule has 0 aliphatic carbocycles. The molecule has 1 atom stereocenters. The molecule has 2 aromatic rings. The Morgan fingerprint density at radius 2 is 2.12 bits per heavy atom. The van der Waals surface area contributed by atoms with Crippen LogP contribution in [0.15, 0.2) is 42.7 Å². The van der Waals surface area contributed by atoms with Gasteiger partial charge in [-0.3, -0.25) is 9.48 Å². The highest BCUT2D eigenvalue weighted by atomic mass is 16.5. The van der Waals surface area contributed by atoms with Crippen molar-refractivity contribution in [2.45, 2.75) is 32.7 Å². The smallest absolute Gasteiger partial charge is 0.257 e. The van der Waals surface area contributed by atoms with Crippen LogP contribution in [0.5, 0.6) is 5.75 Å². The first-order chi connectivity index (χ1) is 11.6. The van der Waals surface area contributed by atoms with Crippen LogP contribution in [-0.4, -0.2) is 40.3 Å². The van der Waals surface area contributed by atoms with Crippen molar-refractivity contribution in [2.24, 2.45) is 5.92 Å². The molecular weight excluding hydrogens is 302 g/mol. The van der Waals surface area contributed by atoms with Crippen molar-refractivity contribution in [2.75, 3.05) is 19.7 Å². The van der Waals surface area contributed by atoms with Crippen molar-refractivity contribution < 1.29 is 9.53 Å². The molecule has 1 aromatic carbocycles. The second-order valence-corrected chi connectivity index (χ2v) is 6.69. The summed E-state index contributed by atoms with van der Waals surface area (Å²) in [5.74, 6) is 1.34. The lowest BCUT2D eigenvalue weighted by molar-refractivity contribution is 0.0633. The summed E-state index contributed by atoms with van der Waals surface area (Å²) in [5, 5.41) is 4.27. The Morgan fingerprint density at radius 1 is 1.33 bits per heavy atom. The first kappa shape index (κ1) is 16.6. The first-order valence-corrected chi connectivity index (χ1v) is 8.65. The highest BCUT2D eigenvalue weighted by Gasteiger charge is 2.25. The van der Waals surface area contributed by atoms with Crippen LogP contribution in [0.1, 0.15) is 43.1 Å². The van der Waals surface area contributed by atoms with E-state index in [4.69, 9.17) is 4.74 Å². The molecule has 0 unspecified atom stereocenters. The molecule has 1 aliphatic heterocycles. The minimum absolute atomic E-state index is 0.0753. The molecule has 0 N–H and O–H groups in total. The number of piperidine rings is 1. The summed E-state index contributed by atoms with van der Waals surface area (Å²) < 4.78 is 7.69. The maximum absolute atomic E-state index is 12.7. The Labute approximate surface area is 143 Å². The molecule has 1 amide bonds. The zero-order chi connectivity index (χ0) is 16.9. The van der Waals surface area contributed by atoms with Gasteiger partial charge in [-0.25, -0.2) is 0 Å². The Kier molecular flexibility index (Phi) is 5.18. The summed E-state index contributed by atoms with van der Waals surface area (Å²) in [4.78, 5) is 14.6. The number of ether oxygens (including phenoxy) is 1. The average molecular weight is 327 g/mol. The largest absolute Gasteiger partial charge is 0.493 e. The molecule has 0 saturated carbocycles. The van der Waals surface area contributed by atoms with E-state index in [0.29, 0.717) is 18.1 Å². The average Bonchev–Trinajstić information content (AvgIpc) is 3.11. The lowest BCUT2D eigenvalue weighted by Gasteiger charge is -2.32. The topological polar surface area (TPSA) is 47.4 Å². The fourth-order valence-electron chi connectivity index (χ4n) is 3.03. The third-order valence-electron chi connectivity index (χ3n) is 4.41. The third-order valence-corrected chi connectivity index (χ3v) is 4.41. The zero-order valence-electron chi connectivity index (χ0n) is 14.4. The number of benzene rings is 1. The van der Waals surface area contributed by atoms with Gasteiger partial charge in [-0.05, 0) is 38.8 Å². The van der Waals surface area contributed by atoms with Gasteiger partial charge in [0.2, 0.25) is 0 Å². The van der Waals surface area contributed by atoms with Crippen LogP contribution in [0.25, 0.3) is 0 Å². The third kappa shape index (κ3) is 3.96. The highest BCUT2D eigenvalue weighted by molar-refractivity contribution is 5.93. The van der Waals surface area contributed by atoms with E-state index < -0.39 is 0 Å². The lowest BCUT2D eigenvalue weighted by atomic mass is 9.98. The van der Waals surface area contributed by atoms with E-state index in [-0.39, 0.29) is 11.9 Å². The van der Waals surface area contributed by atoms with Gasteiger partial charge < -0.3 is 9.64 Å². The van der Waals surface area contributed by atoms with E-state index in [1.54, 1.807) is 6.20 Å². The molecule has 0 spiro atoms. The number of hydrogen-bond donors (Lipinski definition) is 0. The molecule has 1 saturated heterocycles. The van der Waals surface area contributed by atoms with Crippen LogP contribution in [0.4, 0.5) is 0 Å². The number of amides is 1. The monoisotopic (exact) mass is 327 g/mol. The maximum Gasteiger partial charge on any atom is 0.257 e. The standard InChI is InChI=1S/C19H25N3O2/c1-15(2)22-13-17(11-20-22)19(23)21-10-6-7-16(12-21)14-24-18-8-4-3-5-9-18/h3-5,8-9,11,13,15-16H,6-7,10,12,14H2,1-2H3/t16-/m0/s1. The van der Waals surface area contributed by atoms with Crippen LogP contribution in [0.2, 0.25) is 0 Å². The molecule has 1 aromatic heterocycles. The van der Waals surface area contributed by atoms with E-state index in [0.717, 1.165) is 31.7 Å². The second-order valence-electron chi connectivity index (χ2n) is 6.69. The summed E-state index contributed by atoms with van der Waals surface area (Å²) in [6.07, 6.45) is 5.64. The Hall–Kier alpha value is -2.30. The lowest BCUT2D eigenvalue weighted by Crippen LogP contribution is -2.41. The normalized spacial score (nSPS) is 18.0. The van der Waals surface area contributed by atoms with Crippen molar-refractivity contribution >= 4 is 5.91 Å². The van der Waals surface area contributed by atoms with Crippen LogP contribution >= 0.6 is 0 Å². The van der Waals surface area contributed by atoms with E-state index in [9.17, 15) is 4.79 Å². The molecule has 2 heterocycles. The number of rotatable bonds is 5. The number of nitrogens with zero attached hydrogens (tertiary/aromatic N) is 3. The van der Waals surface area contributed by atoms with Gasteiger partial charge in [0, 0.05) is 31.2 Å². The molecule has 1 fully saturated rings. The summed E-state index contributed by atoms with van der Waals surface area (Å²) in [6, 6.07) is 10.1. The van der Waals surface area contributed by atoms with Crippen LogP contribution in [0.3, 0.4) is 0 Å². The van der Waals surface area contributed by atoms with E-state index in [1.165, 1.54) is 0 Å². The predicted molar refractivity (Wildman–Crippen MR) is 93.2 cm³/mol. The SMILES string of the molecule is CC(C)n1cc(C(=O)N2CCC[C@H](COc3ccccc3)C2)cn1. The first-order valence-electron chi connectivity index (χ1n) is 8.65. The van der Waals surface area contributed by atoms with E-state index in [1.807, 2.05) is 46.1 Å². The number of hydrogen-bond acceptors (Lipinski definition) is 3. The summed E-state index contributed by atoms with van der Waals surface area (Å²) >= 11 is 0. The minimum Gasteiger partial charge on any atom is -0.493 e. The van der Waals surface area contributed by atoms with Crippen molar-refractivity contribution in [1.82, 2.24) is 14.7 Å².